The molecule has 2 heterocycles. The second-order valence-electron chi connectivity index (χ2n) is 13.1. The Labute approximate surface area is 295 Å². The second kappa shape index (κ2) is 11.9. The zero-order valence-electron chi connectivity index (χ0n) is 27.3. The molecule has 0 saturated carbocycles. The number of nitrogens with zero attached hydrogens (tertiary/aromatic N) is 3. The number of benzene rings is 6. The van der Waals surface area contributed by atoms with Crippen molar-refractivity contribution in [3.05, 3.63) is 168 Å². The highest BCUT2D eigenvalue weighted by molar-refractivity contribution is 7.25. The van der Waals surface area contributed by atoms with Gasteiger partial charge in [0.25, 0.3) is 0 Å². The van der Waals surface area contributed by atoms with Crippen molar-refractivity contribution in [2.45, 2.75) is 19.3 Å². The van der Waals surface area contributed by atoms with Gasteiger partial charge in [0.1, 0.15) is 0 Å². The quantitative estimate of drug-likeness (QED) is 0.185. The van der Waals surface area contributed by atoms with Crippen LogP contribution in [0.25, 0.3) is 82.2 Å². The van der Waals surface area contributed by atoms with Gasteiger partial charge in [-0.3, -0.25) is 0 Å². The van der Waals surface area contributed by atoms with Crippen LogP contribution in [0.2, 0.25) is 0 Å². The Morgan fingerprint density at radius 1 is 0.480 bits per heavy atom. The normalized spacial score (nSPS) is 13.6. The average molecular weight is 658 g/mol. The lowest BCUT2D eigenvalue weighted by Gasteiger charge is -2.16. The monoisotopic (exact) mass is 657 g/mol. The Bertz CT molecular complexity index is 2650. The third-order valence-electron chi connectivity index (χ3n) is 10.0. The molecule has 0 unspecified atom stereocenters. The van der Waals surface area contributed by atoms with E-state index in [1.54, 1.807) is 0 Å². The fourth-order valence-electron chi connectivity index (χ4n) is 7.59. The summed E-state index contributed by atoms with van der Waals surface area (Å²) in [5.74, 6) is 2.03. The van der Waals surface area contributed by atoms with Gasteiger partial charge in [0.15, 0.2) is 17.5 Å². The van der Waals surface area contributed by atoms with Crippen LogP contribution in [0.15, 0.2) is 157 Å². The van der Waals surface area contributed by atoms with Crippen LogP contribution in [0.1, 0.15) is 24.0 Å². The van der Waals surface area contributed by atoms with E-state index in [1.807, 2.05) is 35.6 Å². The smallest absolute Gasteiger partial charge is 0.164 e. The Kier molecular flexibility index (Phi) is 6.88. The number of rotatable bonds is 5. The van der Waals surface area contributed by atoms with Crippen molar-refractivity contribution in [3.63, 3.8) is 0 Å². The zero-order valence-corrected chi connectivity index (χ0v) is 28.1. The van der Waals surface area contributed by atoms with Crippen LogP contribution in [0, 0.1) is 0 Å². The van der Waals surface area contributed by atoms with Gasteiger partial charge in [-0.25, -0.2) is 15.0 Å². The standard InChI is InChI=1S/C46H31N3S/c1-3-11-29(12-4-1)30-19-21-32(22-20-30)45-47-44(31-13-5-2-6-14-31)48-46(49-45)36-26-35-25-33-15-7-8-16-37(33)43(35)39(28-36)34-23-24-42-40(27-34)38-17-9-10-18-41(38)50-42/h1-6,8-14,16-24,26-28H,7,15,25H2. The van der Waals surface area contributed by atoms with Gasteiger partial charge in [0.2, 0.25) is 0 Å². The lowest BCUT2D eigenvalue weighted by atomic mass is 9.89. The SMILES string of the molecule is C1=CC2=C(CC1)Cc1cc(-c3nc(-c4ccccc4)nc(-c4ccc(-c5ccccc5)cc4)n3)cc(-c3ccc4sc5ccccc5c4c3)c12. The number of allylic oxidation sites excluding steroid dienone is 4. The van der Waals surface area contributed by atoms with Crippen molar-refractivity contribution in [2.24, 2.45) is 0 Å². The topological polar surface area (TPSA) is 38.7 Å². The van der Waals surface area contributed by atoms with Crippen molar-refractivity contribution >= 4 is 37.1 Å². The molecule has 0 saturated heterocycles. The van der Waals surface area contributed by atoms with E-state index in [2.05, 4.69) is 127 Å². The third-order valence-corrected chi connectivity index (χ3v) is 11.2. The Morgan fingerprint density at radius 2 is 1.08 bits per heavy atom. The van der Waals surface area contributed by atoms with E-state index in [4.69, 9.17) is 15.0 Å². The van der Waals surface area contributed by atoms with Gasteiger partial charge in [0, 0.05) is 36.9 Å². The molecule has 0 bridgehead atoms. The van der Waals surface area contributed by atoms with E-state index in [0.717, 1.165) is 41.5 Å². The van der Waals surface area contributed by atoms with E-state index < -0.39 is 0 Å². The van der Waals surface area contributed by atoms with Gasteiger partial charge in [-0.2, -0.15) is 0 Å². The largest absolute Gasteiger partial charge is 0.208 e. The highest BCUT2D eigenvalue weighted by Gasteiger charge is 2.27. The first-order chi connectivity index (χ1) is 24.7. The van der Waals surface area contributed by atoms with Gasteiger partial charge in [0.05, 0.1) is 0 Å². The number of fused-ring (bicyclic) bond motifs is 5. The summed E-state index contributed by atoms with van der Waals surface area (Å²) in [7, 11) is 0. The van der Waals surface area contributed by atoms with Crippen molar-refractivity contribution < 1.29 is 0 Å². The molecule has 8 aromatic rings. The van der Waals surface area contributed by atoms with Crippen LogP contribution in [0.4, 0.5) is 0 Å². The molecule has 10 rings (SSSR count). The molecule has 4 heteroatoms. The third kappa shape index (κ3) is 4.99. The maximum atomic E-state index is 5.19. The minimum absolute atomic E-state index is 0.669. The highest BCUT2D eigenvalue weighted by atomic mass is 32.1. The Balaban J connectivity index is 1.16. The molecule has 3 nitrogen and oxygen atoms in total. The van der Waals surface area contributed by atoms with E-state index in [0.29, 0.717) is 17.5 Å². The number of hydrogen-bond donors (Lipinski definition) is 0. The first-order valence-electron chi connectivity index (χ1n) is 17.2. The van der Waals surface area contributed by atoms with Gasteiger partial charge in [-0.05, 0) is 88.5 Å². The number of thiophene rings is 1. The molecule has 0 spiro atoms. The summed E-state index contributed by atoms with van der Waals surface area (Å²) in [5, 5.41) is 2.62. The molecule has 0 radical (unpaired) electrons. The molecular formula is C46H31N3S. The lowest BCUT2D eigenvalue weighted by Crippen LogP contribution is -2.01. The molecule has 0 amide bonds. The van der Waals surface area contributed by atoms with E-state index in [9.17, 15) is 0 Å². The lowest BCUT2D eigenvalue weighted by molar-refractivity contribution is 0.935. The fraction of sp³-hybridized carbons (Fsp3) is 0.0652. The van der Waals surface area contributed by atoms with Crippen LogP contribution < -0.4 is 0 Å². The predicted molar refractivity (Wildman–Crippen MR) is 209 cm³/mol. The molecular weight excluding hydrogens is 627 g/mol. The van der Waals surface area contributed by atoms with E-state index in [-0.39, 0.29) is 0 Å². The molecule has 0 N–H and O–H groups in total. The summed E-state index contributed by atoms with van der Waals surface area (Å²) in [5.41, 5.74) is 13.4. The fourth-order valence-corrected chi connectivity index (χ4v) is 8.67. The predicted octanol–water partition coefficient (Wildman–Crippen LogP) is 12.2. The summed E-state index contributed by atoms with van der Waals surface area (Å²) in [6.45, 7) is 0. The van der Waals surface area contributed by atoms with Crippen LogP contribution in [0.3, 0.4) is 0 Å². The first kappa shape index (κ1) is 29.0. The zero-order chi connectivity index (χ0) is 33.0. The second-order valence-corrected chi connectivity index (χ2v) is 14.2. The molecule has 2 aliphatic carbocycles. The minimum atomic E-state index is 0.669. The van der Waals surface area contributed by atoms with Crippen LogP contribution >= 0.6 is 11.3 Å². The molecule has 50 heavy (non-hydrogen) atoms. The highest BCUT2D eigenvalue weighted by Crippen LogP contribution is 2.46. The van der Waals surface area contributed by atoms with E-state index in [1.165, 1.54) is 59.1 Å². The maximum absolute atomic E-state index is 5.19. The van der Waals surface area contributed by atoms with Crippen molar-refractivity contribution in [1.82, 2.24) is 15.0 Å². The maximum Gasteiger partial charge on any atom is 0.164 e. The van der Waals surface area contributed by atoms with Gasteiger partial charge < -0.3 is 0 Å². The van der Waals surface area contributed by atoms with Crippen molar-refractivity contribution in [1.29, 1.82) is 0 Å². The molecule has 0 aliphatic heterocycles. The van der Waals surface area contributed by atoms with Crippen LogP contribution in [0.5, 0.6) is 0 Å². The van der Waals surface area contributed by atoms with Crippen LogP contribution in [-0.4, -0.2) is 15.0 Å². The summed E-state index contributed by atoms with van der Waals surface area (Å²) >= 11 is 1.86. The number of hydrogen-bond acceptors (Lipinski definition) is 4. The van der Waals surface area contributed by atoms with Gasteiger partial charge >= 0.3 is 0 Å². The molecule has 2 aromatic heterocycles. The average Bonchev–Trinajstić information content (AvgIpc) is 3.76. The Morgan fingerprint density at radius 3 is 1.86 bits per heavy atom. The summed E-state index contributed by atoms with van der Waals surface area (Å²) < 4.78 is 2.63. The van der Waals surface area contributed by atoms with Gasteiger partial charge in [-0.1, -0.05) is 127 Å². The minimum Gasteiger partial charge on any atom is -0.208 e. The van der Waals surface area contributed by atoms with E-state index >= 15 is 0 Å². The first-order valence-corrected chi connectivity index (χ1v) is 18.0. The summed E-state index contributed by atoms with van der Waals surface area (Å²) in [4.78, 5) is 15.4. The number of aromatic nitrogens is 3. The molecule has 236 valence electrons. The molecule has 0 fully saturated rings. The van der Waals surface area contributed by atoms with Crippen LogP contribution in [-0.2, 0) is 6.42 Å². The summed E-state index contributed by atoms with van der Waals surface area (Å²) in [6.07, 6.45) is 7.84. The van der Waals surface area contributed by atoms with Crippen molar-refractivity contribution in [3.8, 4) is 56.4 Å². The summed E-state index contributed by atoms with van der Waals surface area (Å²) in [6, 6.07) is 49.6. The molecule has 6 aromatic carbocycles. The van der Waals surface area contributed by atoms with Gasteiger partial charge in [-0.15, -0.1) is 11.3 Å². The van der Waals surface area contributed by atoms with Crippen molar-refractivity contribution in [2.75, 3.05) is 0 Å². The molecule has 0 atom stereocenters. The molecule has 2 aliphatic rings. The Hall–Kier alpha value is -5.97.